The topological polar surface area (TPSA) is 89.7 Å². The lowest BCUT2D eigenvalue weighted by atomic mass is 10.2. The van der Waals surface area contributed by atoms with E-state index in [0.29, 0.717) is 11.4 Å². The fourth-order valence-corrected chi connectivity index (χ4v) is 3.47. The van der Waals surface area contributed by atoms with Gasteiger partial charge in [-0.15, -0.1) is 11.8 Å². The van der Waals surface area contributed by atoms with E-state index >= 15 is 0 Å². The predicted octanol–water partition coefficient (Wildman–Crippen LogP) is 3.45. The Bertz CT molecular complexity index is 915. The van der Waals surface area contributed by atoms with Crippen molar-refractivity contribution < 1.29 is 19.2 Å². The number of rotatable bonds is 5. The molecule has 1 atom stereocenters. The summed E-state index contributed by atoms with van der Waals surface area (Å²) in [6, 6.07) is 11.8. The summed E-state index contributed by atoms with van der Waals surface area (Å²) in [5.74, 6) is -1.23. The van der Waals surface area contributed by atoms with Crippen molar-refractivity contribution in [1.29, 1.82) is 0 Å². The standard InChI is InChI=1S/C19H18N2O5S/c1-12(18(22)20-10-9-13-5-3-4-6-16(13)20)26-19(23)15-11-14(27-2)7-8-17(15)21(24)25/h3-8,11-12H,9-10H2,1-2H3/t12-/m0/s1. The van der Waals surface area contributed by atoms with E-state index in [-0.39, 0.29) is 17.2 Å². The highest BCUT2D eigenvalue weighted by Crippen LogP contribution is 2.29. The number of para-hydroxylation sites is 1. The Balaban J connectivity index is 1.78. The second-order valence-electron chi connectivity index (χ2n) is 6.06. The number of hydrogen-bond acceptors (Lipinski definition) is 6. The molecule has 27 heavy (non-hydrogen) atoms. The summed E-state index contributed by atoms with van der Waals surface area (Å²) < 4.78 is 5.27. The Morgan fingerprint density at radius 1 is 1.26 bits per heavy atom. The van der Waals surface area contributed by atoms with Gasteiger partial charge in [0.2, 0.25) is 0 Å². The maximum Gasteiger partial charge on any atom is 0.345 e. The number of anilines is 1. The minimum absolute atomic E-state index is 0.159. The minimum atomic E-state index is -1.05. The van der Waals surface area contributed by atoms with Gasteiger partial charge in [-0.05, 0) is 43.4 Å². The van der Waals surface area contributed by atoms with Gasteiger partial charge in [-0.3, -0.25) is 14.9 Å². The second-order valence-corrected chi connectivity index (χ2v) is 6.94. The molecule has 1 aliphatic heterocycles. The number of esters is 1. The largest absolute Gasteiger partial charge is 0.449 e. The van der Waals surface area contributed by atoms with Gasteiger partial charge in [-0.1, -0.05) is 18.2 Å². The number of benzene rings is 2. The van der Waals surface area contributed by atoms with Crippen LogP contribution in [0.2, 0.25) is 0 Å². The number of hydrogen-bond donors (Lipinski definition) is 0. The fourth-order valence-electron chi connectivity index (χ4n) is 3.03. The Kier molecular flexibility index (Phi) is 5.46. The molecule has 1 aliphatic rings. The Hall–Kier alpha value is -2.87. The monoisotopic (exact) mass is 386 g/mol. The van der Waals surface area contributed by atoms with Crippen LogP contribution in [0.5, 0.6) is 0 Å². The van der Waals surface area contributed by atoms with Gasteiger partial charge in [0.25, 0.3) is 11.6 Å². The molecule has 2 aromatic carbocycles. The van der Waals surface area contributed by atoms with Crippen molar-refractivity contribution in [3.8, 4) is 0 Å². The Morgan fingerprint density at radius 3 is 2.70 bits per heavy atom. The van der Waals surface area contributed by atoms with Crippen molar-refractivity contribution in [3.63, 3.8) is 0 Å². The van der Waals surface area contributed by atoms with Crippen LogP contribution < -0.4 is 4.90 Å². The van der Waals surface area contributed by atoms with Crippen molar-refractivity contribution >= 4 is 35.0 Å². The molecule has 0 aromatic heterocycles. The molecule has 0 radical (unpaired) electrons. The number of thioether (sulfide) groups is 1. The number of carbonyl (C=O) groups excluding carboxylic acids is 2. The van der Waals surface area contributed by atoms with Crippen molar-refractivity contribution in [2.24, 2.45) is 0 Å². The molecule has 0 saturated carbocycles. The van der Waals surface area contributed by atoms with Gasteiger partial charge >= 0.3 is 5.97 Å². The van der Waals surface area contributed by atoms with Crippen molar-refractivity contribution in [3.05, 3.63) is 63.7 Å². The van der Waals surface area contributed by atoms with E-state index in [1.165, 1.54) is 30.8 Å². The van der Waals surface area contributed by atoms with Crippen molar-refractivity contribution in [2.75, 3.05) is 17.7 Å². The molecule has 1 amide bonds. The third-order valence-electron chi connectivity index (χ3n) is 4.41. The van der Waals surface area contributed by atoms with Crippen LogP contribution >= 0.6 is 11.8 Å². The first-order valence-electron chi connectivity index (χ1n) is 8.35. The van der Waals surface area contributed by atoms with E-state index in [9.17, 15) is 19.7 Å². The molecule has 1 heterocycles. The van der Waals surface area contributed by atoms with Crippen molar-refractivity contribution in [1.82, 2.24) is 0 Å². The summed E-state index contributed by atoms with van der Waals surface area (Å²) in [5.41, 5.74) is 1.37. The fraction of sp³-hybridized carbons (Fsp3) is 0.263. The van der Waals surface area contributed by atoms with Gasteiger partial charge in [0, 0.05) is 23.2 Å². The van der Waals surface area contributed by atoms with E-state index in [4.69, 9.17) is 4.74 Å². The molecule has 0 aliphatic carbocycles. The number of nitro groups is 1. The molecule has 0 unspecified atom stereocenters. The van der Waals surface area contributed by atoms with E-state index < -0.39 is 17.0 Å². The average Bonchev–Trinajstić information content (AvgIpc) is 3.10. The van der Waals surface area contributed by atoms with Gasteiger partial charge in [0.1, 0.15) is 5.56 Å². The molecule has 2 aromatic rings. The van der Waals surface area contributed by atoms with Gasteiger partial charge in [-0.2, -0.15) is 0 Å². The van der Waals surface area contributed by atoms with Crippen molar-refractivity contribution in [2.45, 2.75) is 24.3 Å². The third kappa shape index (κ3) is 3.80. The first-order chi connectivity index (χ1) is 12.9. The van der Waals surface area contributed by atoms with Crippen LogP contribution in [-0.4, -0.2) is 35.7 Å². The lowest BCUT2D eigenvalue weighted by molar-refractivity contribution is -0.385. The number of amides is 1. The van der Waals surface area contributed by atoms with Crippen LogP contribution in [0.1, 0.15) is 22.8 Å². The zero-order chi connectivity index (χ0) is 19.6. The maximum absolute atomic E-state index is 12.7. The quantitative estimate of drug-likeness (QED) is 0.338. The first-order valence-corrected chi connectivity index (χ1v) is 9.57. The molecule has 0 bridgehead atoms. The van der Waals surface area contributed by atoms with Crippen LogP contribution in [0, 0.1) is 10.1 Å². The van der Waals surface area contributed by atoms with E-state index in [1.807, 2.05) is 24.3 Å². The summed E-state index contributed by atoms with van der Waals surface area (Å²) in [4.78, 5) is 38.1. The van der Waals surface area contributed by atoms with Crippen LogP contribution in [0.15, 0.2) is 47.4 Å². The smallest absolute Gasteiger partial charge is 0.345 e. The molecule has 7 nitrogen and oxygen atoms in total. The highest BCUT2D eigenvalue weighted by atomic mass is 32.2. The lowest BCUT2D eigenvalue weighted by Gasteiger charge is -2.21. The van der Waals surface area contributed by atoms with Gasteiger partial charge in [-0.25, -0.2) is 4.79 Å². The highest BCUT2D eigenvalue weighted by Gasteiger charge is 2.31. The highest BCUT2D eigenvalue weighted by molar-refractivity contribution is 7.98. The Labute approximate surface area is 160 Å². The number of nitro benzene ring substituents is 1. The van der Waals surface area contributed by atoms with Crippen LogP contribution in [0.3, 0.4) is 0 Å². The number of fused-ring (bicyclic) bond motifs is 1. The number of ether oxygens (including phenoxy) is 1. The van der Waals surface area contributed by atoms with Gasteiger partial charge in [0.05, 0.1) is 4.92 Å². The minimum Gasteiger partial charge on any atom is -0.449 e. The summed E-state index contributed by atoms with van der Waals surface area (Å²) in [5, 5.41) is 11.2. The normalized spacial score (nSPS) is 13.8. The summed E-state index contributed by atoms with van der Waals surface area (Å²) >= 11 is 1.35. The molecule has 140 valence electrons. The maximum atomic E-state index is 12.7. The van der Waals surface area contributed by atoms with Gasteiger partial charge < -0.3 is 9.64 Å². The molecule has 3 rings (SSSR count). The molecular weight excluding hydrogens is 368 g/mol. The molecule has 0 fully saturated rings. The summed E-state index contributed by atoms with van der Waals surface area (Å²) in [6.07, 6.45) is 1.48. The number of nitrogens with zero attached hydrogens (tertiary/aromatic N) is 2. The molecule has 0 N–H and O–H groups in total. The first kappa shape index (κ1) is 18.9. The van der Waals surface area contributed by atoms with Gasteiger partial charge in [0.15, 0.2) is 6.10 Å². The predicted molar refractivity (Wildman–Crippen MR) is 102 cm³/mol. The van der Waals surface area contributed by atoms with Crippen LogP contribution in [0.25, 0.3) is 0 Å². The second kappa shape index (κ2) is 7.79. The molecule has 0 spiro atoms. The molecule has 8 heteroatoms. The van der Waals surface area contributed by atoms with E-state index in [0.717, 1.165) is 17.7 Å². The summed E-state index contributed by atoms with van der Waals surface area (Å²) in [6.45, 7) is 1.99. The summed E-state index contributed by atoms with van der Waals surface area (Å²) in [7, 11) is 0. The molecule has 0 saturated heterocycles. The zero-order valence-corrected chi connectivity index (χ0v) is 15.7. The third-order valence-corrected chi connectivity index (χ3v) is 5.13. The lowest BCUT2D eigenvalue weighted by Crippen LogP contribution is -2.39. The zero-order valence-electron chi connectivity index (χ0n) is 14.9. The van der Waals surface area contributed by atoms with Crippen LogP contribution in [0.4, 0.5) is 11.4 Å². The average molecular weight is 386 g/mol. The molecular formula is C19H18N2O5S. The number of carbonyl (C=O) groups is 2. The van der Waals surface area contributed by atoms with Crippen LogP contribution in [-0.2, 0) is 16.0 Å². The SMILES string of the molecule is CSc1ccc([N+](=O)[O-])c(C(=O)O[C@@H](C)C(=O)N2CCc3ccccc32)c1. The van der Waals surface area contributed by atoms with E-state index in [2.05, 4.69) is 0 Å². The van der Waals surface area contributed by atoms with E-state index in [1.54, 1.807) is 17.2 Å². The Morgan fingerprint density at radius 2 is 2.00 bits per heavy atom.